The SMILES string of the molecule is CC.CC(C)(C)OC=O.CN[C@@H](CCCCC/C=C\[C@H](C)[C@@H](NC=O)C(=O)NS(=O)(=O)C1(C)CC1)C(=O)N1C[C@@]2(CCc3c(c(-c4cccc(F)c4)nc4ccccc34)O2)CC1C. The number of aryl methyl sites for hydroxylation is 1. The highest BCUT2D eigenvalue weighted by Crippen LogP contribution is 2.47. The minimum atomic E-state index is -3.81. The van der Waals surface area contributed by atoms with Crippen molar-refractivity contribution >= 4 is 45.6 Å². The van der Waals surface area contributed by atoms with Crippen LogP contribution in [0.25, 0.3) is 22.2 Å². The molecule has 1 aromatic heterocycles. The monoisotopic (exact) mass is 893 g/mol. The van der Waals surface area contributed by atoms with Crippen molar-refractivity contribution < 1.29 is 41.5 Å². The van der Waals surface area contributed by atoms with Gasteiger partial charge in [-0.25, -0.2) is 17.8 Å². The van der Waals surface area contributed by atoms with E-state index < -0.39 is 38.2 Å². The lowest BCUT2D eigenvalue weighted by atomic mass is 9.87. The van der Waals surface area contributed by atoms with Crippen molar-refractivity contribution in [1.82, 2.24) is 25.2 Å². The Hall–Kier alpha value is -4.89. The van der Waals surface area contributed by atoms with E-state index in [1.165, 1.54) is 12.1 Å². The van der Waals surface area contributed by atoms with Crippen LogP contribution < -0.4 is 20.1 Å². The molecule has 15 heteroatoms. The number of amides is 3. The van der Waals surface area contributed by atoms with Crippen LogP contribution in [0, 0.1) is 11.7 Å². The highest BCUT2D eigenvalue weighted by Gasteiger charge is 2.52. The van der Waals surface area contributed by atoms with Gasteiger partial charge in [-0.2, -0.15) is 0 Å². The fourth-order valence-electron chi connectivity index (χ4n) is 8.05. The lowest BCUT2D eigenvalue weighted by Gasteiger charge is -2.37. The van der Waals surface area contributed by atoms with E-state index in [1.807, 2.05) is 83.0 Å². The molecule has 2 fully saturated rings. The molecule has 3 N–H and O–H groups in total. The minimum Gasteiger partial charge on any atom is -0.483 e. The number of para-hydroxylation sites is 1. The third kappa shape index (κ3) is 13.1. The van der Waals surface area contributed by atoms with Crippen LogP contribution in [0.3, 0.4) is 0 Å². The van der Waals surface area contributed by atoms with Gasteiger partial charge in [-0.1, -0.05) is 76.1 Å². The van der Waals surface area contributed by atoms with Crippen LogP contribution in [0.2, 0.25) is 0 Å². The summed E-state index contributed by atoms with van der Waals surface area (Å²) in [5.74, 6) is -0.769. The van der Waals surface area contributed by atoms with Crippen LogP contribution >= 0.6 is 0 Å². The number of halogens is 1. The third-order valence-electron chi connectivity index (χ3n) is 11.9. The van der Waals surface area contributed by atoms with Gasteiger partial charge in [0.05, 0.1) is 22.9 Å². The van der Waals surface area contributed by atoms with Gasteiger partial charge in [0.2, 0.25) is 22.3 Å². The maximum Gasteiger partial charge on any atom is 0.293 e. The smallest absolute Gasteiger partial charge is 0.293 e. The number of unbranched alkanes of at least 4 members (excludes halogenated alkanes) is 3. The number of pyridine rings is 1. The van der Waals surface area contributed by atoms with Crippen LogP contribution in [0.5, 0.6) is 5.75 Å². The molecular weight excluding hydrogens is 826 g/mol. The van der Waals surface area contributed by atoms with Crippen molar-refractivity contribution in [3.8, 4) is 17.0 Å². The molecule has 346 valence electrons. The summed E-state index contributed by atoms with van der Waals surface area (Å²) in [5, 5.41) is 6.72. The first-order valence-corrected chi connectivity index (χ1v) is 23.7. The van der Waals surface area contributed by atoms with Gasteiger partial charge in [0, 0.05) is 34.9 Å². The molecule has 3 heterocycles. The number of allylic oxidation sites excluding steroid dienone is 1. The molecule has 1 spiro atoms. The summed E-state index contributed by atoms with van der Waals surface area (Å²) in [4.78, 5) is 54.4. The van der Waals surface area contributed by atoms with Gasteiger partial charge < -0.3 is 25.0 Å². The summed E-state index contributed by atoms with van der Waals surface area (Å²) in [6, 6.07) is 13.0. The summed E-state index contributed by atoms with van der Waals surface area (Å²) >= 11 is 0. The first-order valence-electron chi connectivity index (χ1n) is 22.2. The van der Waals surface area contributed by atoms with E-state index in [0.717, 1.165) is 55.0 Å². The average molecular weight is 894 g/mol. The Labute approximate surface area is 373 Å². The fourth-order valence-corrected chi connectivity index (χ4v) is 9.33. The molecule has 0 bridgehead atoms. The second kappa shape index (κ2) is 22.1. The van der Waals surface area contributed by atoms with E-state index in [2.05, 4.69) is 33.1 Å². The number of ether oxygens (including phenoxy) is 2. The molecule has 13 nitrogen and oxygen atoms in total. The topological polar surface area (TPSA) is 173 Å². The number of likely N-dealkylation sites (tertiary alicyclic amines) is 1. The predicted molar refractivity (Wildman–Crippen MR) is 245 cm³/mol. The van der Waals surface area contributed by atoms with Gasteiger partial charge in [-0.3, -0.25) is 23.9 Å². The van der Waals surface area contributed by atoms with E-state index >= 15 is 0 Å². The fraction of sp³-hybridized carbons (Fsp3) is 0.562. The van der Waals surface area contributed by atoms with Gasteiger partial charge in [-0.05, 0) is 105 Å². The van der Waals surface area contributed by atoms with Crippen molar-refractivity contribution in [2.45, 2.75) is 154 Å². The number of sulfonamides is 1. The van der Waals surface area contributed by atoms with Gasteiger partial charge in [0.25, 0.3) is 12.4 Å². The molecule has 3 aromatic rings. The van der Waals surface area contributed by atoms with Crippen LogP contribution in [0.4, 0.5) is 4.39 Å². The van der Waals surface area contributed by atoms with Gasteiger partial charge in [0.15, 0.2) is 0 Å². The maximum atomic E-state index is 14.4. The third-order valence-corrected chi connectivity index (χ3v) is 14.1. The second-order valence-corrected chi connectivity index (χ2v) is 20.1. The Balaban J connectivity index is 0.000000882. The molecule has 63 heavy (non-hydrogen) atoms. The van der Waals surface area contributed by atoms with E-state index in [1.54, 1.807) is 19.9 Å². The highest BCUT2D eigenvalue weighted by molar-refractivity contribution is 7.91. The number of fused-ring (bicyclic) bond motifs is 3. The zero-order chi connectivity index (χ0) is 46.6. The van der Waals surface area contributed by atoms with Crippen molar-refractivity contribution in [3.05, 3.63) is 72.1 Å². The average Bonchev–Trinajstić information content (AvgIpc) is 3.93. The van der Waals surface area contributed by atoms with Gasteiger partial charge in [-0.15, -0.1) is 0 Å². The zero-order valence-corrected chi connectivity index (χ0v) is 39.3. The number of rotatable bonds is 17. The Morgan fingerprint density at radius 3 is 2.40 bits per heavy atom. The van der Waals surface area contributed by atoms with Crippen molar-refractivity contribution in [2.24, 2.45) is 5.92 Å². The van der Waals surface area contributed by atoms with Gasteiger partial charge in [0.1, 0.15) is 34.5 Å². The van der Waals surface area contributed by atoms with Crippen molar-refractivity contribution in [1.29, 1.82) is 0 Å². The first-order chi connectivity index (χ1) is 29.9. The Morgan fingerprint density at radius 2 is 1.78 bits per heavy atom. The molecule has 0 radical (unpaired) electrons. The van der Waals surface area contributed by atoms with Crippen molar-refractivity contribution in [3.63, 3.8) is 0 Å². The molecule has 6 rings (SSSR count). The lowest BCUT2D eigenvalue weighted by Crippen LogP contribution is -2.51. The Morgan fingerprint density at radius 1 is 1.06 bits per heavy atom. The maximum absolute atomic E-state index is 14.4. The van der Waals surface area contributed by atoms with E-state index in [4.69, 9.17) is 9.72 Å². The molecule has 3 aliphatic rings. The second-order valence-electron chi connectivity index (χ2n) is 17.9. The van der Waals surface area contributed by atoms with E-state index in [9.17, 15) is 32.0 Å². The molecule has 1 saturated carbocycles. The number of nitrogens with zero attached hydrogens (tertiary/aromatic N) is 2. The molecule has 2 aromatic carbocycles. The number of likely N-dealkylation sites (N-methyl/N-ethyl adjacent to an activating group) is 1. The van der Waals surface area contributed by atoms with Crippen LogP contribution in [0.15, 0.2) is 60.7 Å². The van der Waals surface area contributed by atoms with Crippen molar-refractivity contribution in [2.75, 3.05) is 13.6 Å². The molecule has 1 aliphatic carbocycles. The quantitative estimate of drug-likeness (QED) is 0.0698. The van der Waals surface area contributed by atoms with E-state index in [0.29, 0.717) is 62.1 Å². The molecule has 1 saturated heterocycles. The van der Waals surface area contributed by atoms with Crippen LogP contribution in [-0.2, 0) is 40.4 Å². The number of nitrogens with one attached hydrogen (secondary N) is 3. The summed E-state index contributed by atoms with van der Waals surface area (Å²) in [7, 11) is -2.00. The minimum absolute atomic E-state index is 0.0235. The highest BCUT2D eigenvalue weighted by atomic mass is 32.2. The van der Waals surface area contributed by atoms with Gasteiger partial charge >= 0.3 is 0 Å². The number of hydrogen-bond acceptors (Lipinski definition) is 10. The molecule has 5 atom stereocenters. The summed E-state index contributed by atoms with van der Waals surface area (Å²) in [6.07, 6.45) is 11.4. The zero-order valence-electron chi connectivity index (χ0n) is 38.5. The molecule has 3 amide bonds. The van der Waals surface area contributed by atoms with Crippen LogP contribution in [-0.4, -0.2) is 90.7 Å². The number of hydrogen-bond donors (Lipinski definition) is 3. The van der Waals surface area contributed by atoms with E-state index in [-0.39, 0.29) is 29.4 Å². The number of carbonyl (C=O) groups is 4. The van der Waals surface area contributed by atoms with Crippen LogP contribution in [0.1, 0.15) is 119 Å². The largest absolute Gasteiger partial charge is 0.483 e. The molecule has 2 aliphatic heterocycles. The predicted octanol–water partition coefficient (Wildman–Crippen LogP) is 7.55. The number of aromatic nitrogens is 1. The number of carbonyl (C=O) groups excluding carboxylic acids is 4. The summed E-state index contributed by atoms with van der Waals surface area (Å²) in [6.45, 7) is 15.8. The Kier molecular flexibility index (Phi) is 17.8. The first kappa shape index (κ1) is 50.8. The Bertz CT molecular complexity index is 2190. The summed E-state index contributed by atoms with van der Waals surface area (Å²) in [5.41, 5.74) is 2.30. The lowest BCUT2D eigenvalue weighted by molar-refractivity contribution is -0.138. The summed E-state index contributed by atoms with van der Waals surface area (Å²) < 4.78 is 52.1. The number of benzene rings is 2. The standard InChI is InChI=1S/C41H52FN5O6S.C5H10O2.C2H6/c1-27(35(44-26-48)38(49)46-54(51,52)40(3)21-22-40)13-8-6-5-7-9-18-34(43-4)39(50)47-25-41(24-28(47)2)20-19-32-31-16-10-11-17-33(31)45-36(37(32)53-41)29-14-12-15-30(42)23-29;1-5(2,3)7-4-6;1-2/h8,10-17,23,26-28,34-35,43H,5-7,9,18-22,24-25H2,1-4H3,(H,44,48)(H,46,49);4H,1-3H3;1-2H3/b13-8-;;/t27-,28?,34-,35+,41+;;/m0../s1. The normalized spacial score (nSPS) is 20.2. The molecule has 1 unspecified atom stereocenters. The molecular formula is C48H68FN5O8S.